The molecule has 7 nitrogen and oxygen atoms in total. The van der Waals surface area contributed by atoms with Crippen molar-refractivity contribution >= 4 is 23.2 Å². The molecule has 0 bridgehead atoms. The van der Waals surface area contributed by atoms with Crippen molar-refractivity contribution in [3.8, 4) is 0 Å². The first kappa shape index (κ1) is 23.3. The molecule has 0 aromatic carbocycles. The summed E-state index contributed by atoms with van der Waals surface area (Å²) in [6.45, 7) is 8.86. The second-order valence-electron chi connectivity index (χ2n) is 8.56. The Morgan fingerprint density at radius 2 is 1.91 bits per heavy atom. The monoisotopic (exact) mass is 469 g/mol. The van der Waals surface area contributed by atoms with Crippen LogP contribution in [0.5, 0.6) is 0 Å². The Morgan fingerprint density at radius 1 is 1.12 bits per heavy atom. The summed E-state index contributed by atoms with van der Waals surface area (Å²) >= 11 is 1.47. The number of aromatic nitrogens is 1. The van der Waals surface area contributed by atoms with Crippen LogP contribution in [0.4, 0.5) is 0 Å². The number of rotatable bonds is 8. The Morgan fingerprint density at radius 3 is 2.61 bits per heavy atom. The predicted octanol–water partition coefficient (Wildman–Crippen LogP) is 4.49. The smallest absolute Gasteiger partial charge is 0.289 e. The minimum Gasteiger partial charge on any atom is -0.454 e. The number of ether oxygens (including phenoxy) is 1. The highest BCUT2D eigenvalue weighted by atomic mass is 32.1. The van der Waals surface area contributed by atoms with E-state index in [4.69, 9.17) is 9.15 Å². The molecule has 3 aromatic rings. The van der Waals surface area contributed by atoms with Crippen LogP contribution in [0.25, 0.3) is 0 Å². The highest BCUT2D eigenvalue weighted by Crippen LogP contribution is 2.19. The number of morpholine rings is 1. The molecular formula is C25H31N3O4S. The predicted molar refractivity (Wildman–Crippen MR) is 128 cm³/mol. The molecule has 4 heterocycles. The van der Waals surface area contributed by atoms with Crippen LogP contribution in [0.3, 0.4) is 0 Å². The molecule has 33 heavy (non-hydrogen) atoms. The van der Waals surface area contributed by atoms with E-state index in [1.54, 1.807) is 11.0 Å². The topological polar surface area (TPSA) is 67.9 Å². The van der Waals surface area contributed by atoms with Crippen LogP contribution in [-0.4, -0.2) is 58.0 Å². The molecule has 1 aliphatic heterocycles. The zero-order valence-corrected chi connectivity index (χ0v) is 20.2. The first-order valence-corrected chi connectivity index (χ1v) is 12.3. The number of hydrogen-bond acceptors (Lipinski definition) is 5. The first-order valence-electron chi connectivity index (χ1n) is 11.4. The number of carbonyl (C=O) groups excluding carboxylic acids is 2. The molecule has 0 aliphatic carbocycles. The highest BCUT2D eigenvalue weighted by molar-refractivity contribution is 7.12. The maximum Gasteiger partial charge on any atom is 0.289 e. The number of thiophene rings is 1. The van der Waals surface area contributed by atoms with Gasteiger partial charge in [0.25, 0.3) is 11.8 Å². The van der Waals surface area contributed by atoms with Gasteiger partial charge in [0.15, 0.2) is 5.76 Å². The van der Waals surface area contributed by atoms with E-state index in [1.165, 1.54) is 11.3 Å². The van der Waals surface area contributed by atoms with Gasteiger partial charge in [0.05, 0.1) is 30.2 Å². The lowest BCUT2D eigenvalue weighted by Gasteiger charge is -2.34. The Labute approximate surface area is 198 Å². The third-order valence-corrected chi connectivity index (χ3v) is 6.55. The van der Waals surface area contributed by atoms with Gasteiger partial charge in [0.1, 0.15) is 5.76 Å². The van der Waals surface area contributed by atoms with E-state index in [9.17, 15) is 9.59 Å². The number of nitrogens with zero attached hydrogens (tertiary/aromatic N) is 3. The van der Waals surface area contributed by atoms with Crippen LogP contribution in [0.1, 0.15) is 58.9 Å². The van der Waals surface area contributed by atoms with Gasteiger partial charge in [-0.3, -0.25) is 9.59 Å². The molecular weight excluding hydrogens is 438 g/mol. The lowest BCUT2D eigenvalue weighted by atomic mass is 10.2. The molecule has 2 atom stereocenters. The molecule has 1 fully saturated rings. The maximum atomic E-state index is 12.9. The summed E-state index contributed by atoms with van der Waals surface area (Å²) in [7, 11) is 0. The van der Waals surface area contributed by atoms with Crippen LogP contribution in [0.2, 0.25) is 0 Å². The molecule has 8 heteroatoms. The third-order valence-electron chi connectivity index (χ3n) is 5.69. The minimum absolute atomic E-state index is 0.0116. The Bertz CT molecular complexity index is 1060. The van der Waals surface area contributed by atoms with Crippen LogP contribution >= 0.6 is 11.3 Å². The van der Waals surface area contributed by atoms with Gasteiger partial charge >= 0.3 is 0 Å². The van der Waals surface area contributed by atoms with Gasteiger partial charge in [-0.2, -0.15) is 0 Å². The van der Waals surface area contributed by atoms with Gasteiger partial charge in [0, 0.05) is 31.5 Å². The fraction of sp³-hybridized carbons (Fsp3) is 0.440. The fourth-order valence-electron chi connectivity index (χ4n) is 4.27. The van der Waals surface area contributed by atoms with E-state index in [-0.39, 0.29) is 24.0 Å². The van der Waals surface area contributed by atoms with E-state index in [1.807, 2.05) is 60.7 Å². The van der Waals surface area contributed by atoms with E-state index in [0.29, 0.717) is 44.2 Å². The van der Waals surface area contributed by atoms with Gasteiger partial charge in [-0.15, -0.1) is 11.3 Å². The van der Waals surface area contributed by atoms with Crippen molar-refractivity contribution < 1.29 is 18.7 Å². The molecule has 1 aliphatic rings. The van der Waals surface area contributed by atoms with E-state index >= 15 is 0 Å². The van der Waals surface area contributed by atoms with Gasteiger partial charge in [0.2, 0.25) is 0 Å². The molecule has 0 radical (unpaired) electrons. The Hall–Kier alpha value is -2.84. The molecule has 4 rings (SSSR count). The van der Waals surface area contributed by atoms with Crippen molar-refractivity contribution in [2.24, 2.45) is 0 Å². The molecule has 2 unspecified atom stereocenters. The SMILES string of the molecule is CCCN(Cc1cccn1Cc1ccc(C(=O)N2CC(C)OC(C)C2)o1)C(=O)c1cccs1. The average molecular weight is 470 g/mol. The van der Waals surface area contributed by atoms with E-state index in [2.05, 4.69) is 11.5 Å². The summed E-state index contributed by atoms with van der Waals surface area (Å²) in [4.78, 5) is 30.3. The zero-order valence-electron chi connectivity index (χ0n) is 19.4. The summed E-state index contributed by atoms with van der Waals surface area (Å²) in [5.74, 6) is 1.00. The zero-order chi connectivity index (χ0) is 23.4. The standard InChI is InChI=1S/C25H31N3O4S/c1-4-11-27(25(30)23-8-6-13-33-23)16-20-7-5-12-26(20)17-21-9-10-22(32-21)24(29)28-14-18(2)31-19(3)15-28/h5-10,12-13,18-19H,4,11,14-17H2,1-3H3. The minimum atomic E-state index is -0.105. The Kier molecular flexibility index (Phi) is 7.35. The van der Waals surface area contributed by atoms with Crippen molar-refractivity contribution in [2.75, 3.05) is 19.6 Å². The summed E-state index contributed by atoms with van der Waals surface area (Å²) < 4.78 is 13.7. The number of amides is 2. The first-order chi connectivity index (χ1) is 15.9. The lowest BCUT2D eigenvalue weighted by Crippen LogP contribution is -2.48. The van der Waals surface area contributed by atoms with Gasteiger partial charge in [-0.1, -0.05) is 13.0 Å². The molecule has 0 N–H and O–H groups in total. The van der Waals surface area contributed by atoms with Crippen LogP contribution in [-0.2, 0) is 17.8 Å². The summed E-state index contributed by atoms with van der Waals surface area (Å²) in [6.07, 6.45) is 2.89. The lowest BCUT2D eigenvalue weighted by molar-refractivity contribution is -0.0592. The second kappa shape index (κ2) is 10.4. The molecule has 1 saturated heterocycles. The highest BCUT2D eigenvalue weighted by Gasteiger charge is 2.28. The normalized spacial score (nSPS) is 18.5. The van der Waals surface area contributed by atoms with Gasteiger partial charge in [-0.25, -0.2) is 0 Å². The molecule has 0 spiro atoms. The number of carbonyl (C=O) groups is 2. The van der Waals surface area contributed by atoms with Crippen LogP contribution < -0.4 is 0 Å². The van der Waals surface area contributed by atoms with Crippen molar-refractivity contribution in [1.29, 1.82) is 0 Å². The molecule has 3 aromatic heterocycles. The summed E-state index contributed by atoms with van der Waals surface area (Å²) in [6, 6.07) is 11.4. The van der Waals surface area contributed by atoms with Crippen molar-refractivity contribution in [2.45, 2.75) is 52.5 Å². The Balaban J connectivity index is 1.44. The third kappa shape index (κ3) is 5.57. The van der Waals surface area contributed by atoms with Crippen molar-refractivity contribution in [3.05, 3.63) is 70.1 Å². The quantitative estimate of drug-likeness (QED) is 0.487. The van der Waals surface area contributed by atoms with Crippen LogP contribution in [0.15, 0.2) is 52.4 Å². The number of furan rings is 1. The second-order valence-corrected chi connectivity index (χ2v) is 9.51. The van der Waals surface area contributed by atoms with Crippen molar-refractivity contribution in [1.82, 2.24) is 14.4 Å². The summed E-state index contributed by atoms with van der Waals surface area (Å²) in [5, 5.41) is 1.92. The summed E-state index contributed by atoms with van der Waals surface area (Å²) in [5.41, 5.74) is 1.02. The fourth-order valence-corrected chi connectivity index (χ4v) is 4.96. The largest absolute Gasteiger partial charge is 0.454 e. The maximum absolute atomic E-state index is 12.9. The van der Waals surface area contributed by atoms with Gasteiger partial charge < -0.3 is 23.5 Å². The van der Waals surface area contributed by atoms with Crippen molar-refractivity contribution in [3.63, 3.8) is 0 Å². The average Bonchev–Trinajstić information content (AvgIpc) is 3.55. The van der Waals surface area contributed by atoms with E-state index < -0.39 is 0 Å². The van der Waals surface area contributed by atoms with E-state index in [0.717, 1.165) is 17.0 Å². The number of hydrogen-bond donors (Lipinski definition) is 0. The van der Waals surface area contributed by atoms with Crippen LogP contribution in [0, 0.1) is 0 Å². The molecule has 176 valence electrons. The molecule has 2 amide bonds. The van der Waals surface area contributed by atoms with Gasteiger partial charge in [-0.05, 0) is 56.0 Å². The molecule has 0 saturated carbocycles.